The average molecular weight is 333 g/mol. The average Bonchev–Trinajstić information content (AvgIpc) is 2.61. The summed E-state index contributed by atoms with van der Waals surface area (Å²) in [6, 6.07) is 5.92. The van der Waals surface area contributed by atoms with Crippen LogP contribution in [0.4, 0.5) is 10.3 Å². The van der Waals surface area contributed by atoms with Gasteiger partial charge in [0.05, 0.1) is 18.9 Å². The molecule has 1 aliphatic heterocycles. The molecule has 1 aromatic carbocycles. The number of carboxylic acid groups (broad SMARTS) is 1. The fourth-order valence-corrected chi connectivity index (χ4v) is 2.32. The van der Waals surface area contributed by atoms with E-state index in [9.17, 15) is 14.3 Å². The van der Waals surface area contributed by atoms with Gasteiger partial charge >= 0.3 is 5.97 Å². The molecule has 0 aliphatic carbocycles. The highest BCUT2D eigenvalue weighted by atomic mass is 19.1. The van der Waals surface area contributed by atoms with Crippen LogP contribution in [0.1, 0.15) is 16.1 Å². The minimum Gasteiger partial charge on any atom is -0.484 e. The number of carboxylic acids is 1. The minimum absolute atomic E-state index is 0.0420. The van der Waals surface area contributed by atoms with E-state index in [0.29, 0.717) is 32.3 Å². The van der Waals surface area contributed by atoms with Crippen molar-refractivity contribution < 1.29 is 23.8 Å². The molecule has 2 aromatic rings. The van der Waals surface area contributed by atoms with Gasteiger partial charge in [0.2, 0.25) is 5.95 Å². The minimum atomic E-state index is -1.16. The number of ether oxygens (including phenoxy) is 2. The van der Waals surface area contributed by atoms with Gasteiger partial charge in [-0.25, -0.2) is 19.2 Å². The summed E-state index contributed by atoms with van der Waals surface area (Å²) in [7, 11) is 0. The predicted molar refractivity (Wildman–Crippen MR) is 82.8 cm³/mol. The summed E-state index contributed by atoms with van der Waals surface area (Å²) >= 11 is 0. The Hall–Kier alpha value is -2.74. The standard InChI is InChI=1S/C16H16FN3O4/c17-12-3-1-2-4-14(12)24-10-13-11(15(21)22)9-18-16(19-13)20-5-7-23-8-6-20/h1-4,9H,5-8,10H2,(H,21,22). The molecule has 0 amide bonds. The molecule has 1 aliphatic rings. The molecular weight excluding hydrogens is 317 g/mol. The number of morpholine rings is 1. The molecule has 0 radical (unpaired) electrons. The Labute approximate surface area is 137 Å². The lowest BCUT2D eigenvalue weighted by Gasteiger charge is -2.27. The lowest BCUT2D eigenvalue weighted by molar-refractivity contribution is 0.0692. The van der Waals surface area contributed by atoms with Crippen molar-refractivity contribution in [3.05, 3.63) is 47.5 Å². The number of para-hydroxylation sites is 1. The summed E-state index contributed by atoms with van der Waals surface area (Å²) in [6.07, 6.45) is 1.25. The maximum Gasteiger partial charge on any atom is 0.339 e. The van der Waals surface area contributed by atoms with Gasteiger partial charge in [0.15, 0.2) is 11.6 Å². The lowest BCUT2D eigenvalue weighted by Crippen LogP contribution is -2.37. The second-order valence-electron chi connectivity index (χ2n) is 5.15. The highest BCUT2D eigenvalue weighted by Crippen LogP contribution is 2.19. The van der Waals surface area contributed by atoms with Crippen LogP contribution < -0.4 is 9.64 Å². The third-order valence-electron chi connectivity index (χ3n) is 3.58. The third kappa shape index (κ3) is 3.60. The highest BCUT2D eigenvalue weighted by Gasteiger charge is 2.19. The van der Waals surface area contributed by atoms with Crippen molar-refractivity contribution in [3.63, 3.8) is 0 Å². The van der Waals surface area contributed by atoms with E-state index in [-0.39, 0.29) is 23.6 Å². The summed E-state index contributed by atoms with van der Waals surface area (Å²) in [5.41, 5.74) is 0.130. The van der Waals surface area contributed by atoms with Crippen molar-refractivity contribution >= 4 is 11.9 Å². The van der Waals surface area contributed by atoms with E-state index >= 15 is 0 Å². The molecule has 0 atom stereocenters. The van der Waals surface area contributed by atoms with Crippen molar-refractivity contribution in [2.24, 2.45) is 0 Å². The fraction of sp³-hybridized carbons (Fsp3) is 0.312. The number of hydrogen-bond donors (Lipinski definition) is 1. The van der Waals surface area contributed by atoms with E-state index in [0.717, 1.165) is 0 Å². The van der Waals surface area contributed by atoms with Crippen molar-refractivity contribution in [3.8, 4) is 5.75 Å². The van der Waals surface area contributed by atoms with Crippen LogP contribution in [0.25, 0.3) is 0 Å². The molecule has 1 N–H and O–H groups in total. The number of halogens is 1. The van der Waals surface area contributed by atoms with Crippen LogP contribution >= 0.6 is 0 Å². The van der Waals surface area contributed by atoms with Crippen molar-refractivity contribution in [1.29, 1.82) is 0 Å². The predicted octanol–water partition coefficient (Wildman–Crippen LogP) is 1.73. The zero-order valence-electron chi connectivity index (χ0n) is 12.8. The summed E-state index contributed by atoms with van der Waals surface area (Å²) in [4.78, 5) is 21.6. The first kappa shape index (κ1) is 16.1. The van der Waals surface area contributed by atoms with E-state index in [1.165, 1.54) is 18.3 Å². The summed E-state index contributed by atoms with van der Waals surface area (Å²) in [6.45, 7) is 2.21. The number of nitrogens with zero attached hydrogens (tertiary/aromatic N) is 3. The molecule has 0 bridgehead atoms. The molecule has 0 unspecified atom stereocenters. The molecule has 24 heavy (non-hydrogen) atoms. The third-order valence-corrected chi connectivity index (χ3v) is 3.58. The molecule has 0 spiro atoms. The number of benzene rings is 1. The number of aromatic carboxylic acids is 1. The monoisotopic (exact) mass is 333 g/mol. The largest absolute Gasteiger partial charge is 0.484 e. The maximum atomic E-state index is 13.6. The van der Waals surface area contributed by atoms with Crippen LogP contribution in [0, 0.1) is 5.82 Å². The summed E-state index contributed by atoms with van der Waals surface area (Å²) in [5.74, 6) is -1.22. The van der Waals surface area contributed by atoms with Gasteiger partial charge in [0.25, 0.3) is 0 Å². The van der Waals surface area contributed by atoms with Crippen LogP contribution in [0.2, 0.25) is 0 Å². The number of aromatic nitrogens is 2. The Morgan fingerprint density at radius 3 is 2.79 bits per heavy atom. The van der Waals surface area contributed by atoms with Crippen molar-refractivity contribution in [1.82, 2.24) is 9.97 Å². The lowest BCUT2D eigenvalue weighted by atomic mass is 10.2. The van der Waals surface area contributed by atoms with Crippen LogP contribution in [0.3, 0.4) is 0 Å². The van der Waals surface area contributed by atoms with E-state index < -0.39 is 11.8 Å². The van der Waals surface area contributed by atoms with E-state index in [1.54, 1.807) is 12.1 Å². The van der Waals surface area contributed by atoms with Gasteiger partial charge in [0, 0.05) is 19.3 Å². The van der Waals surface area contributed by atoms with Gasteiger partial charge in [-0.3, -0.25) is 0 Å². The highest BCUT2D eigenvalue weighted by molar-refractivity contribution is 5.88. The molecule has 1 saturated heterocycles. The molecule has 8 heteroatoms. The first-order valence-corrected chi connectivity index (χ1v) is 7.44. The topological polar surface area (TPSA) is 84.8 Å². The number of anilines is 1. The normalized spacial score (nSPS) is 14.5. The van der Waals surface area contributed by atoms with Gasteiger partial charge < -0.3 is 19.5 Å². The Morgan fingerprint density at radius 2 is 2.08 bits per heavy atom. The smallest absolute Gasteiger partial charge is 0.339 e. The first-order valence-electron chi connectivity index (χ1n) is 7.44. The second kappa shape index (κ2) is 7.22. The van der Waals surface area contributed by atoms with E-state index in [4.69, 9.17) is 9.47 Å². The number of carbonyl (C=O) groups is 1. The van der Waals surface area contributed by atoms with Crippen molar-refractivity contribution in [2.75, 3.05) is 31.2 Å². The Kier molecular flexibility index (Phi) is 4.85. The van der Waals surface area contributed by atoms with Crippen LogP contribution in [-0.2, 0) is 11.3 Å². The molecule has 7 nitrogen and oxygen atoms in total. The van der Waals surface area contributed by atoms with E-state index in [1.807, 2.05) is 4.90 Å². The van der Waals surface area contributed by atoms with Gasteiger partial charge in [-0.1, -0.05) is 12.1 Å². The van der Waals surface area contributed by atoms with Gasteiger partial charge in [0.1, 0.15) is 12.2 Å². The van der Waals surface area contributed by atoms with Crippen molar-refractivity contribution in [2.45, 2.75) is 6.61 Å². The number of rotatable bonds is 5. The van der Waals surface area contributed by atoms with Crippen LogP contribution in [0.15, 0.2) is 30.5 Å². The number of hydrogen-bond acceptors (Lipinski definition) is 6. The molecule has 1 aromatic heterocycles. The summed E-state index contributed by atoms with van der Waals surface area (Å²) < 4.78 is 24.3. The maximum absolute atomic E-state index is 13.6. The molecule has 2 heterocycles. The second-order valence-corrected chi connectivity index (χ2v) is 5.15. The Bertz CT molecular complexity index is 735. The van der Waals surface area contributed by atoms with Gasteiger partial charge in [-0.15, -0.1) is 0 Å². The Balaban J connectivity index is 1.83. The van der Waals surface area contributed by atoms with Crippen LogP contribution in [0.5, 0.6) is 5.75 Å². The van der Waals surface area contributed by atoms with Gasteiger partial charge in [-0.05, 0) is 12.1 Å². The van der Waals surface area contributed by atoms with Crippen LogP contribution in [-0.4, -0.2) is 47.3 Å². The molecule has 1 fully saturated rings. The molecule has 3 rings (SSSR count). The first-order chi connectivity index (χ1) is 11.6. The summed E-state index contributed by atoms with van der Waals surface area (Å²) in [5, 5.41) is 9.28. The molecule has 126 valence electrons. The SMILES string of the molecule is O=C(O)c1cnc(N2CCOCC2)nc1COc1ccccc1F. The van der Waals surface area contributed by atoms with Gasteiger partial charge in [-0.2, -0.15) is 0 Å². The Morgan fingerprint density at radius 1 is 1.33 bits per heavy atom. The zero-order valence-corrected chi connectivity index (χ0v) is 12.8. The fourth-order valence-electron chi connectivity index (χ4n) is 2.32. The quantitative estimate of drug-likeness (QED) is 0.892. The molecular formula is C16H16FN3O4. The molecule has 0 saturated carbocycles. The zero-order chi connectivity index (χ0) is 16.9. The van der Waals surface area contributed by atoms with E-state index in [2.05, 4.69) is 9.97 Å².